The number of allylic oxidation sites excluding steroid dienone is 2. The minimum absolute atomic E-state index is 0.0725. The third kappa shape index (κ3) is 7.73. The first-order valence-corrected chi connectivity index (χ1v) is 12.0. The first-order valence-electron chi connectivity index (χ1n) is 9.64. The third-order valence-electron chi connectivity index (χ3n) is 3.91. The molecule has 174 valence electrons. The van der Waals surface area contributed by atoms with Crippen molar-refractivity contribution in [3.8, 4) is 0 Å². The molecule has 0 aromatic carbocycles. The lowest BCUT2D eigenvalue weighted by Gasteiger charge is -2.14. The first kappa shape index (κ1) is 24.5. The molecule has 2 aromatic heterocycles. The van der Waals surface area contributed by atoms with E-state index in [0.29, 0.717) is 21.8 Å². The van der Waals surface area contributed by atoms with Gasteiger partial charge in [-0.25, -0.2) is 9.66 Å². The number of amides is 3. The van der Waals surface area contributed by atoms with Crippen molar-refractivity contribution < 1.29 is 14.4 Å². The van der Waals surface area contributed by atoms with E-state index < -0.39 is 0 Å². The van der Waals surface area contributed by atoms with Crippen LogP contribution >= 0.6 is 34.7 Å². The average Bonchev–Trinajstić information content (AvgIpc) is 3.39. The number of aromatic nitrogens is 4. The molecule has 1 aliphatic heterocycles. The van der Waals surface area contributed by atoms with Crippen LogP contribution in [0.1, 0.15) is 18.4 Å². The molecule has 33 heavy (non-hydrogen) atoms. The summed E-state index contributed by atoms with van der Waals surface area (Å²) < 4.78 is 1.43. The smallest absolute Gasteiger partial charge is 0.241 e. The Morgan fingerprint density at radius 3 is 2.85 bits per heavy atom. The summed E-state index contributed by atoms with van der Waals surface area (Å²) in [7, 11) is 0. The number of hydrogen-bond donors (Lipinski definition) is 3. The number of nitrogens with one attached hydrogen (secondary N) is 3. The zero-order chi connectivity index (χ0) is 23.6. The van der Waals surface area contributed by atoms with Gasteiger partial charge in [0.05, 0.1) is 17.9 Å². The highest BCUT2D eigenvalue weighted by atomic mass is 35.5. The predicted molar refractivity (Wildman–Crippen MR) is 127 cm³/mol. The highest BCUT2D eigenvalue weighted by molar-refractivity contribution is 7.99. The quantitative estimate of drug-likeness (QED) is 0.326. The van der Waals surface area contributed by atoms with Crippen molar-refractivity contribution in [2.24, 2.45) is 0 Å². The fourth-order valence-electron chi connectivity index (χ4n) is 2.53. The van der Waals surface area contributed by atoms with E-state index in [1.54, 1.807) is 17.8 Å². The number of alkyl halides is 1. The van der Waals surface area contributed by atoms with Crippen LogP contribution in [0.4, 0.5) is 5.13 Å². The van der Waals surface area contributed by atoms with E-state index in [4.69, 9.17) is 11.6 Å². The molecule has 3 amide bonds. The van der Waals surface area contributed by atoms with Gasteiger partial charge < -0.3 is 15.5 Å². The maximum absolute atomic E-state index is 12.2. The number of nitrogens with zero attached hydrogens (tertiary/aromatic N) is 5. The second-order valence-electron chi connectivity index (χ2n) is 6.54. The van der Waals surface area contributed by atoms with Gasteiger partial charge in [0.15, 0.2) is 11.0 Å². The third-order valence-corrected chi connectivity index (χ3v) is 5.89. The molecule has 0 spiro atoms. The van der Waals surface area contributed by atoms with E-state index in [1.165, 1.54) is 22.9 Å². The molecular weight excluding hydrogens is 488 g/mol. The van der Waals surface area contributed by atoms with Crippen LogP contribution in [-0.4, -0.2) is 60.7 Å². The Kier molecular flexibility index (Phi) is 9.04. The van der Waals surface area contributed by atoms with E-state index in [2.05, 4.69) is 31.2 Å². The lowest BCUT2D eigenvalue weighted by atomic mass is 10.3. The second kappa shape index (κ2) is 12.2. The van der Waals surface area contributed by atoms with Crippen LogP contribution in [0.3, 0.4) is 0 Å². The monoisotopic (exact) mass is 508 g/mol. The fourth-order valence-corrected chi connectivity index (χ4v) is 4.04. The van der Waals surface area contributed by atoms with Crippen molar-refractivity contribution in [3.05, 3.63) is 53.7 Å². The first-order chi connectivity index (χ1) is 15.9. The number of thioether (sulfide) groups is 1. The molecule has 0 saturated carbocycles. The number of halogens is 1. The minimum atomic E-state index is -0.352. The van der Waals surface area contributed by atoms with Gasteiger partial charge in [0, 0.05) is 37.4 Å². The van der Waals surface area contributed by atoms with Crippen LogP contribution < -0.4 is 16.1 Å². The van der Waals surface area contributed by atoms with Crippen LogP contribution in [0.25, 0.3) is 0 Å². The zero-order valence-electron chi connectivity index (χ0n) is 17.5. The standard InChI is InChI=1S/C19H21ClN8O3S2/c1-13(29)26-28-15(9-14-11-32-18(22-14)23-16(30)10-20)24-25-19(28)33-12-17(31)21-5-8-27-6-3-2-4-7-27/h2-6,8,11H,7,9-10,12H2,1H3,(H,21,31)(H,26,29)(H,22,23,30)/b8-5+. The summed E-state index contributed by atoms with van der Waals surface area (Å²) in [6.07, 6.45) is 11.3. The molecule has 14 heteroatoms. The fraction of sp³-hybridized carbons (Fsp3) is 0.263. The summed E-state index contributed by atoms with van der Waals surface area (Å²) in [6.45, 7) is 2.10. The van der Waals surface area contributed by atoms with Crippen molar-refractivity contribution in [1.29, 1.82) is 0 Å². The summed E-state index contributed by atoms with van der Waals surface area (Å²) in [5.41, 5.74) is 3.28. The van der Waals surface area contributed by atoms with Gasteiger partial charge in [0.1, 0.15) is 5.88 Å². The molecule has 0 atom stereocenters. The predicted octanol–water partition coefficient (Wildman–Crippen LogP) is 1.66. The number of rotatable bonds is 10. The van der Waals surface area contributed by atoms with E-state index in [1.807, 2.05) is 29.3 Å². The SMILES string of the molecule is CC(=O)Nn1c(Cc2csc(NC(=O)CCl)n2)nnc1SCC(=O)N/C=C/N1C=CC=CC1. The largest absolute Gasteiger partial charge is 0.349 e. The Labute approximate surface area is 203 Å². The normalized spacial score (nSPS) is 12.8. The molecule has 2 aromatic rings. The molecule has 1 aliphatic rings. The Morgan fingerprint density at radius 1 is 1.27 bits per heavy atom. The Hall–Kier alpha value is -3.16. The Balaban J connectivity index is 1.59. The molecule has 3 rings (SSSR count). The van der Waals surface area contributed by atoms with Crippen molar-refractivity contribution in [1.82, 2.24) is 30.1 Å². The molecule has 0 bridgehead atoms. The molecular formula is C19H21ClN8O3S2. The summed E-state index contributed by atoms with van der Waals surface area (Å²) >= 11 is 7.87. The summed E-state index contributed by atoms with van der Waals surface area (Å²) in [6, 6.07) is 0. The maximum atomic E-state index is 12.2. The van der Waals surface area contributed by atoms with Gasteiger partial charge in [-0.1, -0.05) is 23.9 Å². The highest BCUT2D eigenvalue weighted by Gasteiger charge is 2.17. The minimum Gasteiger partial charge on any atom is -0.349 e. The average molecular weight is 509 g/mol. The van der Waals surface area contributed by atoms with Gasteiger partial charge in [-0.05, 0) is 6.08 Å². The van der Waals surface area contributed by atoms with Gasteiger partial charge in [0.25, 0.3) is 0 Å². The molecule has 3 heterocycles. The Bertz CT molecular complexity index is 1090. The lowest BCUT2D eigenvalue weighted by molar-refractivity contribution is -0.117. The van der Waals surface area contributed by atoms with Gasteiger partial charge >= 0.3 is 0 Å². The van der Waals surface area contributed by atoms with E-state index in [0.717, 1.165) is 18.3 Å². The number of anilines is 1. The van der Waals surface area contributed by atoms with Gasteiger partial charge in [-0.15, -0.1) is 33.1 Å². The Morgan fingerprint density at radius 2 is 2.12 bits per heavy atom. The van der Waals surface area contributed by atoms with Gasteiger partial charge in [-0.3, -0.25) is 19.8 Å². The molecule has 0 radical (unpaired) electrons. The number of carbonyl (C=O) groups is 3. The van der Waals surface area contributed by atoms with Crippen molar-refractivity contribution in [2.75, 3.05) is 28.9 Å². The molecule has 11 nitrogen and oxygen atoms in total. The van der Waals surface area contributed by atoms with Gasteiger partial charge in [0.2, 0.25) is 22.9 Å². The molecule has 0 aliphatic carbocycles. The number of thiazole rings is 1. The topological polar surface area (TPSA) is 134 Å². The van der Waals surface area contributed by atoms with Crippen LogP contribution in [0.15, 0.2) is 47.4 Å². The molecule has 0 unspecified atom stereocenters. The van der Waals surface area contributed by atoms with Crippen molar-refractivity contribution in [2.45, 2.75) is 18.5 Å². The number of hydrogen-bond acceptors (Lipinski definition) is 9. The van der Waals surface area contributed by atoms with Gasteiger partial charge in [-0.2, -0.15) is 0 Å². The summed E-state index contributed by atoms with van der Waals surface area (Å²) in [5, 5.41) is 16.0. The van der Waals surface area contributed by atoms with Crippen LogP contribution in [0.5, 0.6) is 0 Å². The lowest BCUT2D eigenvalue weighted by Crippen LogP contribution is -2.24. The van der Waals surface area contributed by atoms with E-state index >= 15 is 0 Å². The summed E-state index contributed by atoms with van der Waals surface area (Å²) in [4.78, 5) is 41.5. The van der Waals surface area contributed by atoms with Crippen LogP contribution in [0, 0.1) is 0 Å². The summed E-state index contributed by atoms with van der Waals surface area (Å²) in [5.74, 6) is -0.563. The molecule has 3 N–H and O–H groups in total. The molecule has 0 saturated heterocycles. The maximum Gasteiger partial charge on any atom is 0.241 e. The molecule has 0 fully saturated rings. The highest BCUT2D eigenvalue weighted by Crippen LogP contribution is 2.20. The van der Waals surface area contributed by atoms with E-state index in [-0.39, 0.29) is 35.8 Å². The van der Waals surface area contributed by atoms with Crippen LogP contribution in [-0.2, 0) is 20.8 Å². The van der Waals surface area contributed by atoms with E-state index in [9.17, 15) is 14.4 Å². The van der Waals surface area contributed by atoms with Crippen molar-refractivity contribution in [3.63, 3.8) is 0 Å². The second-order valence-corrected chi connectivity index (χ2v) is 8.61. The zero-order valence-corrected chi connectivity index (χ0v) is 19.9. The number of carbonyl (C=O) groups excluding carboxylic acids is 3. The van der Waals surface area contributed by atoms with Crippen LogP contribution in [0.2, 0.25) is 0 Å². The van der Waals surface area contributed by atoms with Crippen molar-refractivity contribution >= 4 is 57.6 Å².